The van der Waals surface area contributed by atoms with Gasteiger partial charge in [0.05, 0.1) is 37.3 Å². The van der Waals surface area contributed by atoms with Crippen LogP contribution < -0.4 is 4.74 Å². The summed E-state index contributed by atoms with van der Waals surface area (Å²) < 4.78 is 13.2. The summed E-state index contributed by atoms with van der Waals surface area (Å²) in [4.78, 5) is 22.2. The lowest BCUT2D eigenvalue weighted by Gasteiger charge is -2.33. The van der Waals surface area contributed by atoms with Crippen LogP contribution in [-0.2, 0) is 22.4 Å². The number of hydrazone groups is 1. The second kappa shape index (κ2) is 10.3. The van der Waals surface area contributed by atoms with Crippen LogP contribution in [0.4, 0.5) is 0 Å². The van der Waals surface area contributed by atoms with E-state index < -0.39 is 0 Å². The molecule has 1 unspecified atom stereocenters. The minimum atomic E-state index is -0.190. The maximum atomic E-state index is 13.1. The molecule has 0 bridgehead atoms. The van der Waals surface area contributed by atoms with Gasteiger partial charge in [-0.2, -0.15) is 5.10 Å². The number of ether oxygens (including phenoxy) is 2. The van der Waals surface area contributed by atoms with Gasteiger partial charge >= 0.3 is 0 Å². The van der Waals surface area contributed by atoms with Crippen LogP contribution >= 0.6 is 0 Å². The first-order chi connectivity index (χ1) is 19.6. The van der Waals surface area contributed by atoms with Crippen molar-refractivity contribution in [2.45, 2.75) is 31.7 Å². The molecule has 5 heterocycles. The molecule has 206 valence electrons. The number of H-pyrrole nitrogens is 1. The number of fused-ring (bicyclic) bond motifs is 2. The number of aromatic amines is 1. The zero-order valence-corrected chi connectivity index (χ0v) is 23.0. The highest BCUT2D eigenvalue weighted by molar-refractivity contribution is 6.13. The molecule has 2 atom stereocenters. The van der Waals surface area contributed by atoms with Gasteiger partial charge in [0.15, 0.2) is 6.21 Å². The molecular formula is C30H34N7O3+. The monoisotopic (exact) mass is 540 g/mol. The van der Waals surface area contributed by atoms with Gasteiger partial charge in [-0.1, -0.05) is 22.9 Å². The maximum absolute atomic E-state index is 13.1. The van der Waals surface area contributed by atoms with E-state index in [1.165, 1.54) is 17.5 Å². The van der Waals surface area contributed by atoms with Crippen molar-refractivity contribution in [1.29, 1.82) is 0 Å². The Morgan fingerprint density at radius 1 is 1.25 bits per heavy atom. The Labute approximate surface area is 233 Å². The number of rotatable bonds is 5. The van der Waals surface area contributed by atoms with Gasteiger partial charge in [-0.25, -0.2) is 4.98 Å². The summed E-state index contributed by atoms with van der Waals surface area (Å²) in [7, 11) is 3.68. The molecular weight excluding hydrogens is 506 g/mol. The third-order valence-electron chi connectivity index (χ3n) is 8.58. The molecule has 2 fully saturated rings. The first kappa shape index (κ1) is 25.1. The smallest absolute Gasteiger partial charge is 0.242 e. The number of likely N-dealkylation sites (N-methyl/N-ethyl adjacent to an activating group) is 1. The number of nitrogens with zero attached hydrogens (tertiary/aromatic N) is 6. The predicted octanol–water partition coefficient (Wildman–Crippen LogP) is 2.72. The zero-order chi connectivity index (χ0) is 27.2. The number of benzene rings is 1. The van der Waals surface area contributed by atoms with Crippen LogP contribution in [0.15, 0.2) is 35.6 Å². The van der Waals surface area contributed by atoms with E-state index in [4.69, 9.17) is 14.5 Å². The maximum Gasteiger partial charge on any atom is 0.242 e. The number of aromatic nitrogens is 3. The molecule has 40 heavy (non-hydrogen) atoms. The number of allylic oxidation sites excluding steroid dienone is 1. The average Bonchev–Trinajstić information content (AvgIpc) is 3.79. The van der Waals surface area contributed by atoms with Crippen molar-refractivity contribution in [2.75, 3.05) is 47.0 Å². The van der Waals surface area contributed by atoms with Gasteiger partial charge in [0.25, 0.3) is 0 Å². The molecule has 7 rings (SSSR count). The van der Waals surface area contributed by atoms with Crippen LogP contribution in [0.25, 0.3) is 27.9 Å². The molecule has 1 aromatic carbocycles. The van der Waals surface area contributed by atoms with E-state index in [9.17, 15) is 4.79 Å². The van der Waals surface area contributed by atoms with E-state index >= 15 is 0 Å². The van der Waals surface area contributed by atoms with E-state index in [2.05, 4.69) is 44.6 Å². The molecule has 1 amide bonds. The van der Waals surface area contributed by atoms with Crippen LogP contribution in [0.3, 0.4) is 0 Å². The highest BCUT2D eigenvalue weighted by Crippen LogP contribution is 2.38. The lowest BCUT2D eigenvalue weighted by atomic mass is 9.99. The number of nitrogens with one attached hydrogen (secondary N) is 1. The second-order valence-corrected chi connectivity index (χ2v) is 11.1. The number of pyridine rings is 1. The molecule has 3 aliphatic heterocycles. The molecule has 1 aliphatic carbocycles. The van der Waals surface area contributed by atoms with Gasteiger partial charge in [-0.05, 0) is 49.0 Å². The summed E-state index contributed by atoms with van der Waals surface area (Å²) >= 11 is 0. The van der Waals surface area contributed by atoms with Crippen molar-refractivity contribution in [3.05, 3.63) is 47.3 Å². The molecule has 1 N–H and O–H groups in total. The number of aryl methyl sites for hydroxylation is 1. The Hall–Kier alpha value is -3.89. The standard InChI is InChI=1S/C30H34N7O3/c1-35-11-12-40-18-25(35)30(38)36-10-9-19(15-36)16-37-17-21(14-31-37)27-29-24(33-34-27)13-26(39-2)28(32-29)23-8-4-6-20-5-3-7-22(20)23/h4,6,8,13-14,16-17,19,25H,3,5,7,9-12,15,18H2,1-2H3,(H,33,34)/q+1/b37-16+/t19?,25-/m1/s1. The molecule has 0 spiro atoms. The van der Waals surface area contributed by atoms with Gasteiger partial charge in [-0.15, -0.1) is 0 Å². The van der Waals surface area contributed by atoms with Crippen molar-refractivity contribution in [3.8, 4) is 17.0 Å². The fraction of sp³-hybridized carbons (Fsp3) is 0.433. The third kappa shape index (κ3) is 4.41. The van der Waals surface area contributed by atoms with Gasteiger partial charge in [-0.3, -0.25) is 14.8 Å². The molecule has 2 aromatic heterocycles. The van der Waals surface area contributed by atoms with E-state index in [1.807, 2.05) is 35.1 Å². The molecule has 10 heteroatoms. The average molecular weight is 541 g/mol. The number of carbonyl (C=O) groups excluding carboxylic acids is 1. The first-order valence-electron chi connectivity index (χ1n) is 14.1. The van der Waals surface area contributed by atoms with Crippen LogP contribution in [-0.4, -0.2) is 101 Å². The van der Waals surface area contributed by atoms with Gasteiger partial charge in [0, 0.05) is 31.3 Å². The third-order valence-corrected chi connectivity index (χ3v) is 8.58. The number of amides is 1. The molecule has 3 aromatic rings. The van der Waals surface area contributed by atoms with E-state index in [1.54, 1.807) is 7.11 Å². The summed E-state index contributed by atoms with van der Waals surface area (Å²) in [5.74, 6) is 1.12. The summed E-state index contributed by atoms with van der Waals surface area (Å²) in [5, 5.41) is 12.3. The Balaban J connectivity index is 1.14. The summed E-state index contributed by atoms with van der Waals surface area (Å²) in [6, 6.07) is 8.26. The van der Waals surface area contributed by atoms with Crippen molar-refractivity contribution >= 4 is 34.9 Å². The van der Waals surface area contributed by atoms with Gasteiger partial charge in [0.2, 0.25) is 12.1 Å². The number of methoxy groups -OCH3 is 1. The number of hydrogen-bond acceptors (Lipinski definition) is 7. The van der Waals surface area contributed by atoms with Crippen LogP contribution in [0, 0.1) is 5.92 Å². The summed E-state index contributed by atoms with van der Waals surface area (Å²) in [5.41, 5.74) is 8.01. The Morgan fingerprint density at radius 2 is 2.17 bits per heavy atom. The lowest BCUT2D eigenvalue weighted by molar-refractivity contribution is -0.454. The Kier molecular flexibility index (Phi) is 6.44. The second-order valence-electron chi connectivity index (χ2n) is 11.1. The van der Waals surface area contributed by atoms with Crippen molar-refractivity contribution < 1.29 is 19.0 Å². The molecule has 0 radical (unpaired) electrons. The van der Waals surface area contributed by atoms with Gasteiger partial charge in [0.1, 0.15) is 34.9 Å². The number of carbonyl (C=O) groups is 1. The van der Waals surface area contributed by atoms with Crippen molar-refractivity contribution in [2.24, 2.45) is 11.0 Å². The fourth-order valence-electron chi connectivity index (χ4n) is 6.35. The van der Waals surface area contributed by atoms with Crippen LogP contribution in [0.5, 0.6) is 5.75 Å². The highest BCUT2D eigenvalue weighted by atomic mass is 16.5. The molecule has 4 aliphatic rings. The Morgan fingerprint density at radius 3 is 3.05 bits per heavy atom. The topological polar surface area (TPSA) is 98.9 Å². The van der Waals surface area contributed by atoms with E-state index in [0.717, 1.165) is 71.7 Å². The number of likely N-dealkylation sites (tertiary alicyclic amines) is 1. The number of morpholine rings is 1. The Bertz CT molecular complexity index is 1570. The largest absolute Gasteiger partial charge is 0.494 e. The van der Waals surface area contributed by atoms with E-state index in [-0.39, 0.29) is 17.9 Å². The predicted molar refractivity (Wildman–Crippen MR) is 153 cm³/mol. The summed E-state index contributed by atoms with van der Waals surface area (Å²) in [6.07, 6.45) is 10.2. The van der Waals surface area contributed by atoms with Crippen LogP contribution in [0.2, 0.25) is 0 Å². The van der Waals surface area contributed by atoms with E-state index in [0.29, 0.717) is 19.8 Å². The quantitative estimate of drug-likeness (QED) is 0.500. The van der Waals surface area contributed by atoms with Crippen LogP contribution in [0.1, 0.15) is 29.7 Å². The van der Waals surface area contributed by atoms with Crippen molar-refractivity contribution in [1.82, 2.24) is 25.0 Å². The molecule has 10 nitrogen and oxygen atoms in total. The first-order valence-corrected chi connectivity index (χ1v) is 14.1. The normalized spacial score (nSPS) is 23.8. The SMILES string of the molecule is COc1cc2[nH]nc(C3=C/[N+](=C\C4CCN(C(=O)[C@H]5COCCN5C)C4)N=C3)c2nc1-c1cccc2c1CCC2. The fourth-order valence-corrected chi connectivity index (χ4v) is 6.35. The molecule has 0 saturated carbocycles. The summed E-state index contributed by atoms with van der Waals surface area (Å²) in [6.45, 7) is 3.38. The molecule has 2 saturated heterocycles. The minimum Gasteiger partial charge on any atom is -0.494 e. The number of hydrogen-bond donors (Lipinski definition) is 1. The minimum absolute atomic E-state index is 0.156. The van der Waals surface area contributed by atoms with Crippen molar-refractivity contribution in [3.63, 3.8) is 0 Å². The lowest BCUT2D eigenvalue weighted by Crippen LogP contribution is -2.52. The van der Waals surface area contributed by atoms with Gasteiger partial charge < -0.3 is 14.4 Å². The zero-order valence-electron chi connectivity index (χ0n) is 23.0. The highest BCUT2D eigenvalue weighted by Gasteiger charge is 2.35.